The van der Waals surface area contributed by atoms with Crippen LogP contribution in [0, 0.1) is 5.92 Å². The summed E-state index contributed by atoms with van der Waals surface area (Å²) in [5, 5.41) is 0. The first-order chi connectivity index (χ1) is 11.3. The van der Waals surface area contributed by atoms with E-state index >= 15 is 0 Å². The normalized spacial score (nSPS) is 17.4. The second kappa shape index (κ2) is 8.16. The molecule has 0 saturated carbocycles. The summed E-state index contributed by atoms with van der Waals surface area (Å²) in [6, 6.07) is 14.5. The van der Waals surface area contributed by atoms with Crippen molar-refractivity contribution in [3.8, 4) is 0 Å². The van der Waals surface area contributed by atoms with Crippen molar-refractivity contribution in [1.82, 2.24) is 9.88 Å². The lowest BCUT2D eigenvalue weighted by Crippen LogP contribution is -2.29. The lowest BCUT2D eigenvalue weighted by Gasteiger charge is -2.16. The van der Waals surface area contributed by atoms with E-state index in [4.69, 9.17) is 0 Å². The molecule has 1 aliphatic rings. The summed E-state index contributed by atoms with van der Waals surface area (Å²) in [6.45, 7) is 1.82. The molecule has 23 heavy (non-hydrogen) atoms. The minimum absolute atomic E-state index is 0.286. The van der Waals surface area contributed by atoms with E-state index < -0.39 is 0 Å². The SMILES string of the molecule is O=C(CCc1ccncc1)N1CC[C@@H](CSc2ccccc2)C1. The fourth-order valence-electron chi connectivity index (χ4n) is 2.88. The van der Waals surface area contributed by atoms with Crippen molar-refractivity contribution < 1.29 is 4.79 Å². The summed E-state index contributed by atoms with van der Waals surface area (Å²) in [5.41, 5.74) is 1.18. The number of benzene rings is 1. The molecule has 0 radical (unpaired) electrons. The van der Waals surface area contributed by atoms with Gasteiger partial charge >= 0.3 is 0 Å². The highest BCUT2D eigenvalue weighted by Gasteiger charge is 2.25. The average molecular weight is 326 g/mol. The van der Waals surface area contributed by atoms with Crippen molar-refractivity contribution in [2.24, 2.45) is 5.92 Å². The van der Waals surface area contributed by atoms with E-state index in [1.807, 2.05) is 34.9 Å². The standard InChI is InChI=1S/C19H22N2OS/c22-19(7-6-16-8-11-20-12-9-16)21-13-10-17(14-21)15-23-18-4-2-1-3-5-18/h1-5,8-9,11-12,17H,6-7,10,13-15H2/t17-/m1/s1. The molecule has 1 aromatic heterocycles. The fourth-order valence-corrected chi connectivity index (χ4v) is 3.93. The van der Waals surface area contributed by atoms with Crippen molar-refractivity contribution >= 4 is 17.7 Å². The zero-order chi connectivity index (χ0) is 15.9. The van der Waals surface area contributed by atoms with Gasteiger partial charge < -0.3 is 4.90 Å². The van der Waals surface area contributed by atoms with Crippen LogP contribution in [0.3, 0.4) is 0 Å². The number of hydrogen-bond acceptors (Lipinski definition) is 3. The number of likely N-dealkylation sites (tertiary alicyclic amines) is 1. The van der Waals surface area contributed by atoms with Crippen LogP contribution >= 0.6 is 11.8 Å². The number of aryl methyl sites for hydroxylation is 1. The number of hydrogen-bond donors (Lipinski definition) is 0. The molecule has 0 N–H and O–H groups in total. The third-order valence-electron chi connectivity index (χ3n) is 4.24. The smallest absolute Gasteiger partial charge is 0.222 e. The highest BCUT2D eigenvalue weighted by Crippen LogP contribution is 2.26. The van der Waals surface area contributed by atoms with E-state index in [0.29, 0.717) is 12.3 Å². The first-order valence-electron chi connectivity index (χ1n) is 8.16. The van der Waals surface area contributed by atoms with Gasteiger partial charge in [-0.2, -0.15) is 0 Å². The molecule has 3 rings (SSSR count). The quantitative estimate of drug-likeness (QED) is 0.760. The lowest BCUT2D eigenvalue weighted by molar-refractivity contribution is -0.130. The van der Waals surface area contributed by atoms with Crippen LogP contribution in [-0.4, -0.2) is 34.6 Å². The van der Waals surface area contributed by atoms with Gasteiger partial charge in [-0.3, -0.25) is 9.78 Å². The van der Waals surface area contributed by atoms with E-state index in [1.54, 1.807) is 12.4 Å². The van der Waals surface area contributed by atoms with Gasteiger partial charge in [-0.15, -0.1) is 11.8 Å². The molecular formula is C19H22N2OS. The van der Waals surface area contributed by atoms with Crippen LogP contribution in [0.1, 0.15) is 18.4 Å². The van der Waals surface area contributed by atoms with Gasteiger partial charge in [-0.25, -0.2) is 0 Å². The number of thioether (sulfide) groups is 1. The van der Waals surface area contributed by atoms with Gasteiger partial charge in [-0.05, 0) is 48.6 Å². The van der Waals surface area contributed by atoms with Gasteiger partial charge in [0, 0.05) is 42.6 Å². The van der Waals surface area contributed by atoms with E-state index in [0.717, 1.165) is 31.7 Å². The molecule has 2 heterocycles. The average Bonchev–Trinajstić information content (AvgIpc) is 3.09. The predicted octanol–water partition coefficient (Wildman–Crippen LogP) is 3.66. The van der Waals surface area contributed by atoms with Crippen LogP contribution < -0.4 is 0 Å². The maximum absolute atomic E-state index is 12.3. The van der Waals surface area contributed by atoms with Gasteiger partial charge in [0.2, 0.25) is 5.91 Å². The number of carbonyl (C=O) groups is 1. The van der Waals surface area contributed by atoms with Gasteiger partial charge in [0.25, 0.3) is 0 Å². The van der Waals surface area contributed by atoms with Gasteiger partial charge in [0.15, 0.2) is 0 Å². The molecule has 0 spiro atoms. The van der Waals surface area contributed by atoms with E-state index in [1.165, 1.54) is 10.5 Å². The van der Waals surface area contributed by atoms with Crippen LogP contribution in [0.25, 0.3) is 0 Å². The molecule has 1 amide bonds. The Morgan fingerprint density at radius 3 is 2.74 bits per heavy atom. The summed E-state index contributed by atoms with van der Waals surface area (Å²) in [7, 11) is 0. The molecule has 1 atom stereocenters. The number of nitrogens with zero attached hydrogens (tertiary/aromatic N) is 2. The number of amides is 1. The van der Waals surface area contributed by atoms with Gasteiger partial charge in [0.05, 0.1) is 0 Å². The Morgan fingerprint density at radius 2 is 1.96 bits per heavy atom. The Bertz CT molecular complexity index is 618. The molecule has 1 aromatic carbocycles. The Labute approximate surface area is 142 Å². The van der Waals surface area contributed by atoms with E-state index in [-0.39, 0.29) is 5.91 Å². The van der Waals surface area contributed by atoms with Crippen LogP contribution in [-0.2, 0) is 11.2 Å². The minimum atomic E-state index is 0.286. The Kier molecular flexibility index (Phi) is 5.70. The van der Waals surface area contributed by atoms with Crippen LogP contribution in [0.15, 0.2) is 59.8 Å². The summed E-state index contributed by atoms with van der Waals surface area (Å²) >= 11 is 1.90. The molecule has 0 unspecified atom stereocenters. The summed E-state index contributed by atoms with van der Waals surface area (Å²) < 4.78 is 0. The maximum atomic E-state index is 12.3. The first-order valence-corrected chi connectivity index (χ1v) is 9.14. The van der Waals surface area contributed by atoms with E-state index in [2.05, 4.69) is 29.2 Å². The van der Waals surface area contributed by atoms with Crippen molar-refractivity contribution in [2.45, 2.75) is 24.2 Å². The number of aromatic nitrogens is 1. The molecule has 120 valence electrons. The fraction of sp³-hybridized carbons (Fsp3) is 0.368. The molecule has 1 saturated heterocycles. The highest BCUT2D eigenvalue weighted by atomic mass is 32.2. The molecular weight excluding hydrogens is 304 g/mol. The molecule has 3 nitrogen and oxygen atoms in total. The minimum Gasteiger partial charge on any atom is -0.342 e. The summed E-state index contributed by atoms with van der Waals surface area (Å²) in [5.74, 6) is 2.00. The number of pyridine rings is 1. The second-order valence-electron chi connectivity index (χ2n) is 5.97. The third-order valence-corrected chi connectivity index (χ3v) is 5.49. The van der Waals surface area contributed by atoms with Crippen LogP contribution in [0.4, 0.5) is 0 Å². The summed E-state index contributed by atoms with van der Waals surface area (Å²) in [4.78, 5) is 19.7. The topological polar surface area (TPSA) is 33.2 Å². The zero-order valence-corrected chi connectivity index (χ0v) is 14.0. The largest absolute Gasteiger partial charge is 0.342 e. The monoisotopic (exact) mass is 326 g/mol. The van der Waals surface area contributed by atoms with Crippen molar-refractivity contribution in [3.63, 3.8) is 0 Å². The summed E-state index contributed by atoms with van der Waals surface area (Å²) in [6.07, 6.45) is 6.10. The molecule has 0 aliphatic carbocycles. The lowest BCUT2D eigenvalue weighted by atomic mass is 10.1. The predicted molar refractivity (Wildman–Crippen MR) is 94.4 cm³/mol. The molecule has 4 heteroatoms. The number of carbonyl (C=O) groups excluding carboxylic acids is 1. The Morgan fingerprint density at radius 1 is 1.17 bits per heavy atom. The zero-order valence-electron chi connectivity index (χ0n) is 13.2. The van der Waals surface area contributed by atoms with Crippen molar-refractivity contribution in [3.05, 3.63) is 60.4 Å². The van der Waals surface area contributed by atoms with Crippen molar-refractivity contribution in [1.29, 1.82) is 0 Å². The van der Waals surface area contributed by atoms with Gasteiger partial charge in [-0.1, -0.05) is 18.2 Å². The van der Waals surface area contributed by atoms with Crippen LogP contribution in [0.2, 0.25) is 0 Å². The molecule has 2 aromatic rings. The third kappa shape index (κ3) is 4.83. The Balaban J connectivity index is 1.41. The first kappa shape index (κ1) is 16.1. The van der Waals surface area contributed by atoms with Crippen LogP contribution in [0.5, 0.6) is 0 Å². The van der Waals surface area contributed by atoms with E-state index in [9.17, 15) is 4.79 Å². The molecule has 0 bridgehead atoms. The van der Waals surface area contributed by atoms with Crippen molar-refractivity contribution in [2.75, 3.05) is 18.8 Å². The maximum Gasteiger partial charge on any atom is 0.222 e. The Hall–Kier alpha value is -1.81. The molecule has 1 aliphatic heterocycles. The second-order valence-corrected chi connectivity index (χ2v) is 7.07. The molecule has 1 fully saturated rings. The number of rotatable bonds is 6. The van der Waals surface area contributed by atoms with Gasteiger partial charge in [0.1, 0.15) is 0 Å². The highest BCUT2D eigenvalue weighted by molar-refractivity contribution is 7.99.